The maximum Gasteiger partial charge on any atom is 0.101 e. The van der Waals surface area contributed by atoms with Crippen LogP contribution in [0.25, 0.3) is 0 Å². The zero-order valence-corrected chi connectivity index (χ0v) is 5.82. The first-order valence-electron chi connectivity index (χ1n) is 0.651. The van der Waals surface area contributed by atoms with Gasteiger partial charge in [0.15, 0.2) is 0 Å². The summed E-state index contributed by atoms with van der Waals surface area (Å²) >= 11 is 7.58. The van der Waals surface area contributed by atoms with Crippen molar-refractivity contribution >= 4 is 30.2 Å². The first-order chi connectivity index (χ1) is 1.73. The van der Waals surface area contributed by atoms with E-state index in [0.717, 1.165) is 0 Å². The zero-order chi connectivity index (χ0) is 3.58. The van der Waals surface area contributed by atoms with Crippen LogP contribution in [0.1, 0.15) is 0 Å². The second-order valence-electron chi connectivity index (χ2n) is 0.283. The molecule has 0 aliphatic heterocycles. The molecule has 0 fully saturated rings. The molecule has 0 spiro atoms. The third-order valence-corrected chi connectivity index (χ3v) is 0. The van der Waals surface area contributed by atoms with Crippen LogP contribution in [0, 0.1) is 0 Å². The van der Waals surface area contributed by atoms with E-state index in [1.807, 2.05) is 0 Å². The maximum atomic E-state index is 7.84. The fourth-order valence-electron chi connectivity index (χ4n) is 0. The van der Waals surface area contributed by atoms with E-state index in [1.165, 1.54) is 0 Å². The molecule has 36 valence electrons. The van der Waals surface area contributed by atoms with E-state index in [0.29, 0.717) is 0 Å². The third kappa shape index (κ3) is 30.8. The predicted molar refractivity (Wildman–Crippen MR) is 26.9 cm³/mol. The molecule has 0 aliphatic rings. The van der Waals surface area contributed by atoms with Crippen LogP contribution in [0.4, 0.5) is 0 Å². The topological polar surface area (TPSA) is 20.2 Å². The van der Waals surface area contributed by atoms with E-state index < -0.39 is 6.13 Å². The van der Waals surface area contributed by atoms with Gasteiger partial charge in [0.05, 0.1) is 0 Å². The molecule has 0 saturated heterocycles. The van der Waals surface area contributed by atoms with Crippen LogP contribution in [0.3, 0.4) is 0 Å². The van der Waals surface area contributed by atoms with E-state index in [1.54, 1.807) is 0 Å². The van der Waals surface area contributed by atoms with Gasteiger partial charge >= 0.3 is 0 Å². The Balaban J connectivity index is 0. The van der Waals surface area contributed by atoms with Gasteiger partial charge in [-0.1, -0.05) is 11.8 Å². The van der Waals surface area contributed by atoms with Crippen LogP contribution in [0.2, 0.25) is 0 Å². The van der Waals surface area contributed by atoms with E-state index in [-0.39, 0.29) is 16.5 Å². The van der Waals surface area contributed by atoms with Gasteiger partial charge in [-0.05, 0) is 0 Å². The summed E-state index contributed by atoms with van der Waals surface area (Å²) in [6.07, 6.45) is -1.60. The molecule has 1 N–H and O–H groups in total. The summed E-state index contributed by atoms with van der Waals surface area (Å²) < 4.78 is 0. The number of hydrogen-bond acceptors (Lipinski definition) is 1. The summed E-state index contributed by atoms with van der Waals surface area (Å²) in [6, 6.07) is 0. The van der Waals surface area contributed by atoms with Gasteiger partial charge in [0.25, 0.3) is 0 Å². The van der Waals surface area contributed by atoms with E-state index in [4.69, 9.17) is 4.89 Å². The van der Waals surface area contributed by atoms with Crippen molar-refractivity contribution in [3.05, 3.63) is 0 Å². The smallest absolute Gasteiger partial charge is 0.101 e. The summed E-state index contributed by atoms with van der Waals surface area (Å²) in [5, 5.41) is 0. The molecule has 5 heavy (non-hydrogen) atoms. The second kappa shape index (κ2) is 5.45. The summed E-state index contributed by atoms with van der Waals surface area (Å²) in [5.41, 5.74) is 0. The quantitative estimate of drug-likeness (QED) is 0.314. The molecule has 0 rings (SSSR count). The number of hydrogen-bond donors (Lipinski definition) is 2. The van der Waals surface area contributed by atoms with Crippen LogP contribution in [0.15, 0.2) is 0 Å². The first kappa shape index (κ1) is 9.68. The minimum absolute atomic E-state index is 0. The summed E-state index contributed by atoms with van der Waals surface area (Å²) in [5.74, 6) is 0. The van der Waals surface area contributed by atoms with Gasteiger partial charge in [-0.3, -0.25) is 0 Å². The first-order valence-corrected chi connectivity index (χ1v) is 4.52. The van der Waals surface area contributed by atoms with Crippen molar-refractivity contribution in [2.24, 2.45) is 0 Å². The molecule has 1 nitrogen and oxygen atoms in total. The molecule has 0 aromatic heterocycles. The fraction of sp³-hybridized carbons (Fsp3) is 0. The third-order valence-electron chi connectivity index (χ3n) is 0. The summed E-state index contributed by atoms with van der Waals surface area (Å²) in [4.78, 5) is 7.84. The van der Waals surface area contributed by atoms with Crippen LogP contribution in [0.5, 0.6) is 0 Å². The van der Waals surface area contributed by atoms with Gasteiger partial charge in [0.2, 0.25) is 0 Å². The Kier molecular flexibility index (Phi) is 10.6. The molecular formula is H3NiOPS2. The second-order valence-corrected chi connectivity index (χ2v) is 4.19. The number of rotatable bonds is 0. The van der Waals surface area contributed by atoms with Gasteiger partial charge in [0, 0.05) is 16.5 Å². The molecule has 0 saturated carbocycles. The molecule has 0 aromatic carbocycles. The normalized spacial score (nSPS) is 12.4. The van der Waals surface area contributed by atoms with Crippen molar-refractivity contribution in [3.8, 4) is 0 Å². The Bertz CT molecular complexity index is 32.6. The van der Waals surface area contributed by atoms with Crippen LogP contribution in [-0.4, -0.2) is 4.89 Å². The Morgan fingerprint density at radius 2 is 1.80 bits per heavy atom. The van der Waals surface area contributed by atoms with Gasteiger partial charge in [-0.2, -0.15) is 0 Å². The van der Waals surface area contributed by atoms with Crippen molar-refractivity contribution in [3.63, 3.8) is 0 Å². The zero-order valence-electron chi connectivity index (χ0n) is 2.12. The van der Waals surface area contributed by atoms with Crippen molar-refractivity contribution in [2.45, 2.75) is 0 Å². The van der Waals surface area contributed by atoms with Gasteiger partial charge < -0.3 is 4.89 Å². The van der Waals surface area contributed by atoms with Gasteiger partial charge in [0.1, 0.15) is 6.13 Å². The van der Waals surface area contributed by atoms with Crippen molar-refractivity contribution in [1.82, 2.24) is 0 Å². The molecule has 0 aromatic rings. The number of thiol groups is 1. The largest absolute Gasteiger partial charge is 0.359 e. The fourth-order valence-corrected chi connectivity index (χ4v) is 0. The molecule has 0 aliphatic carbocycles. The van der Waals surface area contributed by atoms with Gasteiger partial charge in [-0.15, -0.1) is 12.2 Å². The Labute approximate surface area is 51.7 Å². The average molecular weight is 173 g/mol. The molecule has 5 heteroatoms. The molecule has 1 atom stereocenters. The molecule has 0 heterocycles. The minimum atomic E-state index is -1.60. The molecule has 1 unspecified atom stereocenters. The van der Waals surface area contributed by atoms with Crippen LogP contribution >= 0.6 is 18.4 Å². The average Bonchev–Trinajstić information content (AvgIpc) is 0.811. The van der Waals surface area contributed by atoms with Crippen molar-refractivity contribution in [1.29, 1.82) is 0 Å². The molecule has 0 radical (unpaired) electrons. The Hall–Kier alpha value is 1.45. The maximum absolute atomic E-state index is 7.84. The van der Waals surface area contributed by atoms with Crippen LogP contribution < -0.4 is 0 Å². The molecular weight excluding hydrogens is 170 g/mol. The van der Waals surface area contributed by atoms with E-state index >= 15 is 0 Å². The standard InChI is InChI=1S/Ni.H3OPS2/c;1-2(3)4/h;2H,(H2,1,3,4). The van der Waals surface area contributed by atoms with Crippen LogP contribution in [-0.2, 0) is 28.3 Å². The minimum Gasteiger partial charge on any atom is -0.359 e. The SMILES string of the molecule is O[PH](=S)S.[Ni]. The Morgan fingerprint density at radius 3 is 1.80 bits per heavy atom. The summed E-state index contributed by atoms with van der Waals surface area (Å²) in [6.45, 7) is 0. The molecule has 0 bridgehead atoms. The van der Waals surface area contributed by atoms with E-state index in [2.05, 4.69) is 24.1 Å². The van der Waals surface area contributed by atoms with E-state index in [9.17, 15) is 0 Å². The van der Waals surface area contributed by atoms with Gasteiger partial charge in [-0.25, -0.2) is 0 Å². The Morgan fingerprint density at radius 1 is 1.80 bits per heavy atom. The predicted octanol–water partition coefficient (Wildman–Crippen LogP) is 0.412. The molecule has 0 amide bonds. The summed E-state index contributed by atoms with van der Waals surface area (Å²) in [7, 11) is 0. The van der Waals surface area contributed by atoms with Crippen molar-refractivity contribution in [2.75, 3.05) is 0 Å². The van der Waals surface area contributed by atoms with Crippen molar-refractivity contribution < 1.29 is 21.4 Å². The monoisotopic (exact) mass is 172 g/mol.